The highest BCUT2D eigenvalue weighted by atomic mass is 35.5. The summed E-state index contributed by atoms with van der Waals surface area (Å²) >= 11 is 0. The maximum Gasteiger partial charge on any atom is 0.240 e. The Bertz CT molecular complexity index is 631. The first-order chi connectivity index (χ1) is 11.5. The summed E-state index contributed by atoms with van der Waals surface area (Å²) in [4.78, 5) is 12.0. The van der Waals surface area contributed by atoms with E-state index in [0.717, 1.165) is 37.9 Å². The van der Waals surface area contributed by atoms with Crippen LogP contribution in [0.2, 0.25) is 0 Å². The molecular formula is C17H28ClN3O3S. The van der Waals surface area contributed by atoms with Gasteiger partial charge in [0.05, 0.1) is 4.90 Å². The van der Waals surface area contributed by atoms with Crippen LogP contribution in [0, 0.1) is 0 Å². The molecule has 1 amide bonds. The Morgan fingerprint density at radius 3 is 2.40 bits per heavy atom. The van der Waals surface area contributed by atoms with Gasteiger partial charge >= 0.3 is 0 Å². The van der Waals surface area contributed by atoms with Crippen molar-refractivity contribution in [2.45, 2.75) is 50.0 Å². The van der Waals surface area contributed by atoms with Gasteiger partial charge in [0.15, 0.2) is 0 Å². The number of aryl methyl sites for hydroxylation is 1. The lowest BCUT2D eigenvalue weighted by Crippen LogP contribution is -2.32. The molecule has 2 rings (SSSR count). The lowest BCUT2D eigenvalue weighted by molar-refractivity contribution is -0.121. The number of rotatable bonds is 11. The van der Waals surface area contributed by atoms with Gasteiger partial charge in [-0.2, -0.15) is 0 Å². The van der Waals surface area contributed by atoms with Gasteiger partial charge in [-0.05, 0) is 49.9 Å². The number of hydrogen-bond acceptors (Lipinski definition) is 4. The highest BCUT2D eigenvalue weighted by Crippen LogP contribution is 2.22. The summed E-state index contributed by atoms with van der Waals surface area (Å²) in [6, 6.07) is 6.86. The standard InChI is InChI=1S/C17H27N3O3S.ClH/c1-2-11-18-12-13-19-17(21)10-5-14-3-8-16(9-4-14)24(22,23)20-15-6-7-15;/h3-4,8-9,15,18,20H,2,5-7,10-13H2,1H3,(H,19,21);1H. The van der Waals surface area contributed by atoms with E-state index in [9.17, 15) is 13.2 Å². The fraction of sp³-hybridized carbons (Fsp3) is 0.588. The highest BCUT2D eigenvalue weighted by molar-refractivity contribution is 7.89. The molecule has 0 aliphatic heterocycles. The topological polar surface area (TPSA) is 87.3 Å². The average molecular weight is 390 g/mol. The molecule has 142 valence electrons. The van der Waals surface area contributed by atoms with Crippen molar-refractivity contribution in [3.63, 3.8) is 0 Å². The van der Waals surface area contributed by atoms with E-state index < -0.39 is 10.0 Å². The Morgan fingerprint density at radius 2 is 1.80 bits per heavy atom. The van der Waals surface area contributed by atoms with Crippen molar-refractivity contribution in [2.75, 3.05) is 19.6 Å². The molecule has 1 saturated carbocycles. The van der Waals surface area contributed by atoms with Gasteiger partial charge < -0.3 is 10.6 Å². The van der Waals surface area contributed by atoms with Gasteiger partial charge in [0.25, 0.3) is 0 Å². The van der Waals surface area contributed by atoms with Gasteiger partial charge in [-0.15, -0.1) is 12.4 Å². The van der Waals surface area contributed by atoms with E-state index in [0.29, 0.717) is 19.4 Å². The van der Waals surface area contributed by atoms with Crippen LogP contribution in [0.1, 0.15) is 38.2 Å². The minimum absolute atomic E-state index is 0. The molecule has 0 spiro atoms. The van der Waals surface area contributed by atoms with Gasteiger partial charge in [0.2, 0.25) is 15.9 Å². The first kappa shape index (κ1) is 21.9. The monoisotopic (exact) mass is 389 g/mol. The van der Waals surface area contributed by atoms with E-state index in [1.54, 1.807) is 24.3 Å². The van der Waals surface area contributed by atoms with E-state index in [1.165, 1.54) is 0 Å². The van der Waals surface area contributed by atoms with Crippen LogP contribution in [0.15, 0.2) is 29.2 Å². The van der Waals surface area contributed by atoms with Crippen molar-refractivity contribution < 1.29 is 13.2 Å². The summed E-state index contributed by atoms with van der Waals surface area (Å²) in [5, 5.41) is 6.09. The second kappa shape index (κ2) is 10.8. The zero-order valence-corrected chi connectivity index (χ0v) is 16.2. The molecule has 0 bridgehead atoms. The third-order valence-electron chi connectivity index (χ3n) is 3.82. The fourth-order valence-electron chi connectivity index (χ4n) is 2.26. The second-order valence-corrected chi connectivity index (χ2v) is 7.85. The van der Waals surface area contributed by atoms with Crippen molar-refractivity contribution in [3.05, 3.63) is 29.8 Å². The number of carbonyl (C=O) groups is 1. The van der Waals surface area contributed by atoms with Crippen molar-refractivity contribution >= 4 is 28.3 Å². The molecular weight excluding hydrogens is 362 g/mol. The van der Waals surface area contributed by atoms with E-state index in [-0.39, 0.29) is 29.3 Å². The first-order valence-electron chi connectivity index (χ1n) is 8.60. The van der Waals surface area contributed by atoms with E-state index in [1.807, 2.05) is 0 Å². The van der Waals surface area contributed by atoms with Crippen LogP contribution in [-0.4, -0.2) is 40.0 Å². The molecule has 6 nitrogen and oxygen atoms in total. The van der Waals surface area contributed by atoms with Gasteiger partial charge in [0, 0.05) is 25.6 Å². The van der Waals surface area contributed by atoms with Crippen LogP contribution in [0.3, 0.4) is 0 Å². The molecule has 0 heterocycles. The van der Waals surface area contributed by atoms with Crippen LogP contribution in [-0.2, 0) is 21.2 Å². The Balaban J connectivity index is 0.00000312. The lowest BCUT2D eigenvalue weighted by Gasteiger charge is -2.08. The molecule has 0 unspecified atom stereocenters. The lowest BCUT2D eigenvalue weighted by atomic mass is 10.1. The maximum atomic E-state index is 12.1. The molecule has 0 saturated heterocycles. The predicted molar refractivity (Wildman–Crippen MR) is 102 cm³/mol. The number of carbonyl (C=O) groups excluding carboxylic acids is 1. The Morgan fingerprint density at radius 1 is 1.12 bits per heavy atom. The Kier molecular flexibility index (Phi) is 9.42. The summed E-state index contributed by atoms with van der Waals surface area (Å²) in [6.07, 6.45) is 3.92. The van der Waals surface area contributed by atoms with Crippen molar-refractivity contribution in [2.24, 2.45) is 0 Å². The maximum absolute atomic E-state index is 12.1. The quantitative estimate of drug-likeness (QED) is 0.501. The van der Waals surface area contributed by atoms with Crippen LogP contribution >= 0.6 is 12.4 Å². The smallest absolute Gasteiger partial charge is 0.240 e. The van der Waals surface area contributed by atoms with Gasteiger partial charge in [-0.25, -0.2) is 13.1 Å². The summed E-state index contributed by atoms with van der Waals surface area (Å²) in [7, 11) is -3.40. The molecule has 0 radical (unpaired) electrons. The van der Waals surface area contributed by atoms with E-state index >= 15 is 0 Å². The van der Waals surface area contributed by atoms with Crippen LogP contribution in [0.4, 0.5) is 0 Å². The normalized spacial score (nSPS) is 14.0. The molecule has 1 aliphatic rings. The molecule has 1 aliphatic carbocycles. The van der Waals surface area contributed by atoms with Crippen molar-refractivity contribution in [1.82, 2.24) is 15.4 Å². The summed E-state index contributed by atoms with van der Waals surface area (Å²) < 4.78 is 26.8. The van der Waals surface area contributed by atoms with Gasteiger partial charge in [-0.3, -0.25) is 4.79 Å². The van der Waals surface area contributed by atoms with Crippen molar-refractivity contribution in [3.8, 4) is 0 Å². The molecule has 1 fully saturated rings. The average Bonchev–Trinajstić information content (AvgIpc) is 3.36. The highest BCUT2D eigenvalue weighted by Gasteiger charge is 2.27. The van der Waals surface area contributed by atoms with Crippen molar-refractivity contribution in [1.29, 1.82) is 0 Å². The van der Waals surface area contributed by atoms with Crippen LogP contribution in [0.25, 0.3) is 0 Å². The third-order valence-corrected chi connectivity index (χ3v) is 5.36. The molecule has 1 aromatic rings. The number of benzene rings is 1. The number of amides is 1. The SMILES string of the molecule is CCCNCCNC(=O)CCc1ccc(S(=O)(=O)NC2CC2)cc1.Cl. The summed E-state index contributed by atoms with van der Waals surface area (Å²) in [6.45, 7) is 4.47. The predicted octanol–water partition coefficient (Wildman–Crippen LogP) is 1.60. The fourth-order valence-corrected chi connectivity index (χ4v) is 3.57. The van der Waals surface area contributed by atoms with Gasteiger partial charge in [0.1, 0.15) is 0 Å². The molecule has 0 aromatic heterocycles. The van der Waals surface area contributed by atoms with E-state index in [2.05, 4.69) is 22.3 Å². The number of hydrogen-bond donors (Lipinski definition) is 3. The number of sulfonamides is 1. The van der Waals surface area contributed by atoms with E-state index in [4.69, 9.17) is 0 Å². The minimum Gasteiger partial charge on any atom is -0.355 e. The Labute approximate surface area is 156 Å². The number of halogens is 1. The summed E-state index contributed by atoms with van der Waals surface area (Å²) in [5.74, 6) is 0.0143. The molecule has 3 N–H and O–H groups in total. The minimum atomic E-state index is -3.40. The van der Waals surface area contributed by atoms with Crippen LogP contribution < -0.4 is 15.4 Å². The molecule has 25 heavy (non-hydrogen) atoms. The zero-order valence-electron chi connectivity index (χ0n) is 14.6. The summed E-state index contributed by atoms with van der Waals surface area (Å²) in [5.41, 5.74) is 0.958. The van der Waals surface area contributed by atoms with Crippen LogP contribution in [0.5, 0.6) is 0 Å². The Hall–Kier alpha value is -1.15. The molecule has 8 heteroatoms. The van der Waals surface area contributed by atoms with Gasteiger partial charge in [-0.1, -0.05) is 19.1 Å². The molecule has 1 aromatic carbocycles. The third kappa shape index (κ3) is 8.18. The zero-order chi connectivity index (χ0) is 17.4. The number of nitrogens with one attached hydrogen (secondary N) is 3. The molecule has 0 atom stereocenters. The first-order valence-corrected chi connectivity index (χ1v) is 10.1. The second-order valence-electron chi connectivity index (χ2n) is 6.14. The largest absolute Gasteiger partial charge is 0.355 e.